The van der Waals surface area contributed by atoms with E-state index in [9.17, 15) is 0 Å². The SMILES string of the molecule is [CH2]CC(CC(C)C)N1CCOCC1. The minimum atomic E-state index is 0.670. The third-order valence-electron chi connectivity index (χ3n) is 2.64. The molecule has 1 aliphatic rings. The molecule has 2 heteroatoms. The van der Waals surface area contributed by atoms with Gasteiger partial charge >= 0.3 is 0 Å². The third kappa shape index (κ3) is 3.65. The lowest BCUT2D eigenvalue weighted by Crippen LogP contribution is -2.43. The fourth-order valence-corrected chi connectivity index (χ4v) is 1.94. The maximum absolute atomic E-state index is 5.34. The van der Waals surface area contributed by atoms with Crippen LogP contribution in [0.2, 0.25) is 0 Å². The van der Waals surface area contributed by atoms with Crippen LogP contribution in [0.15, 0.2) is 0 Å². The number of morpholine rings is 1. The number of ether oxygens (including phenoxy) is 1. The van der Waals surface area contributed by atoms with Gasteiger partial charge in [0.15, 0.2) is 0 Å². The Morgan fingerprint density at radius 2 is 1.92 bits per heavy atom. The van der Waals surface area contributed by atoms with Gasteiger partial charge in [-0.05, 0) is 18.8 Å². The number of nitrogens with zero attached hydrogens (tertiary/aromatic N) is 1. The molecule has 0 aromatic rings. The van der Waals surface area contributed by atoms with Gasteiger partial charge in [-0.15, -0.1) is 0 Å². The summed E-state index contributed by atoms with van der Waals surface area (Å²) in [5, 5.41) is 0. The van der Waals surface area contributed by atoms with Crippen LogP contribution in [0, 0.1) is 12.8 Å². The summed E-state index contributed by atoms with van der Waals surface area (Å²) in [5.41, 5.74) is 0. The van der Waals surface area contributed by atoms with Crippen molar-refractivity contribution in [2.75, 3.05) is 26.3 Å². The molecular weight excluding hydrogens is 162 g/mol. The summed E-state index contributed by atoms with van der Waals surface area (Å²) >= 11 is 0. The number of rotatable bonds is 4. The van der Waals surface area contributed by atoms with Crippen LogP contribution in [0.1, 0.15) is 26.7 Å². The molecule has 1 unspecified atom stereocenters. The average Bonchev–Trinajstić information content (AvgIpc) is 2.15. The summed E-state index contributed by atoms with van der Waals surface area (Å²) in [4.78, 5) is 2.52. The highest BCUT2D eigenvalue weighted by molar-refractivity contribution is 4.75. The molecule has 0 aromatic heterocycles. The molecule has 2 nitrogen and oxygen atoms in total. The molecule has 1 heterocycles. The zero-order valence-corrected chi connectivity index (χ0v) is 8.96. The topological polar surface area (TPSA) is 12.5 Å². The van der Waals surface area contributed by atoms with Gasteiger partial charge in [-0.1, -0.05) is 20.8 Å². The predicted molar refractivity (Wildman–Crippen MR) is 55.6 cm³/mol. The summed E-state index contributed by atoms with van der Waals surface area (Å²) in [6.07, 6.45) is 2.29. The van der Waals surface area contributed by atoms with Gasteiger partial charge in [0.2, 0.25) is 0 Å². The van der Waals surface area contributed by atoms with Crippen LogP contribution >= 0.6 is 0 Å². The first-order valence-electron chi connectivity index (χ1n) is 5.35. The fraction of sp³-hybridized carbons (Fsp3) is 0.909. The van der Waals surface area contributed by atoms with Crippen molar-refractivity contribution < 1.29 is 4.74 Å². The lowest BCUT2D eigenvalue weighted by atomic mass is 10.00. The van der Waals surface area contributed by atoms with E-state index in [1.807, 2.05) is 0 Å². The van der Waals surface area contributed by atoms with Crippen molar-refractivity contribution in [1.29, 1.82) is 0 Å². The van der Waals surface area contributed by atoms with Gasteiger partial charge in [-0.25, -0.2) is 0 Å². The maximum Gasteiger partial charge on any atom is 0.0594 e. The fourth-order valence-electron chi connectivity index (χ4n) is 1.94. The average molecular weight is 184 g/mol. The number of hydrogen-bond donors (Lipinski definition) is 0. The van der Waals surface area contributed by atoms with Crippen LogP contribution in [-0.2, 0) is 4.74 Å². The lowest BCUT2D eigenvalue weighted by molar-refractivity contribution is 0.0127. The molecule has 0 N–H and O–H groups in total. The van der Waals surface area contributed by atoms with E-state index < -0.39 is 0 Å². The zero-order valence-electron chi connectivity index (χ0n) is 8.96. The van der Waals surface area contributed by atoms with E-state index >= 15 is 0 Å². The smallest absolute Gasteiger partial charge is 0.0594 e. The van der Waals surface area contributed by atoms with Crippen molar-refractivity contribution in [1.82, 2.24) is 4.90 Å². The highest BCUT2D eigenvalue weighted by Gasteiger charge is 2.19. The highest BCUT2D eigenvalue weighted by atomic mass is 16.5. The van der Waals surface area contributed by atoms with Gasteiger partial charge in [0.1, 0.15) is 0 Å². The van der Waals surface area contributed by atoms with E-state index in [0.29, 0.717) is 6.04 Å². The summed E-state index contributed by atoms with van der Waals surface area (Å²) in [6, 6.07) is 0.670. The highest BCUT2D eigenvalue weighted by Crippen LogP contribution is 2.15. The van der Waals surface area contributed by atoms with E-state index in [0.717, 1.165) is 38.6 Å². The molecule has 0 aliphatic carbocycles. The molecule has 77 valence electrons. The van der Waals surface area contributed by atoms with Gasteiger partial charge in [-0.2, -0.15) is 0 Å². The predicted octanol–water partition coefficient (Wildman–Crippen LogP) is 1.96. The van der Waals surface area contributed by atoms with Crippen molar-refractivity contribution in [3.8, 4) is 0 Å². The maximum atomic E-state index is 5.34. The Balaban J connectivity index is 2.34. The van der Waals surface area contributed by atoms with Gasteiger partial charge < -0.3 is 4.74 Å². The Bertz CT molecular complexity index is 130. The molecule has 1 saturated heterocycles. The van der Waals surface area contributed by atoms with E-state index in [1.165, 1.54) is 6.42 Å². The summed E-state index contributed by atoms with van der Waals surface area (Å²) in [5.74, 6) is 0.773. The van der Waals surface area contributed by atoms with Crippen LogP contribution < -0.4 is 0 Å². The van der Waals surface area contributed by atoms with Gasteiger partial charge in [-0.3, -0.25) is 4.90 Å². The summed E-state index contributed by atoms with van der Waals surface area (Å²) < 4.78 is 5.34. The van der Waals surface area contributed by atoms with Crippen molar-refractivity contribution in [3.05, 3.63) is 6.92 Å². The van der Waals surface area contributed by atoms with Crippen LogP contribution in [0.25, 0.3) is 0 Å². The van der Waals surface area contributed by atoms with E-state index in [-0.39, 0.29) is 0 Å². The van der Waals surface area contributed by atoms with Gasteiger partial charge in [0, 0.05) is 19.1 Å². The summed E-state index contributed by atoms with van der Waals surface area (Å²) in [6.45, 7) is 12.6. The first kappa shape index (κ1) is 11.0. The zero-order chi connectivity index (χ0) is 9.68. The normalized spacial score (nSPS) is 22.2. The Hall–Kier alpha value is -0.0800. The first-order valence-corrected chi connectivity index (χ1v) is 5.35. The molecule has 0 amide bonds. The van der Waals surface area contributed by atoms with Crippen LogP contribution in [0.3, 0.4) is 0 Å². The molecule has 1 radical (unpaired) electrons. The Morgan fingerprint density at radius 3 is 2.38 bits per heavy atom. The largest absolute Gasteiger partial charge is 0.379 e. The minimum Gasteiger partial charge on any atom is -0.379 e. The van der Waals surface area contributed by atoms with Crippen LogP contribution in [0.4, 0.5) is 0 Å². The third-order valence-corrected chi connectivity index (χ3v) is 2.64. The Labute approximate surface area is 82.3 Å². The van der Waals surface area contributed by atoms with Crippen molar-refractivity contribution in [2.45, 2.75) is 32.7 Å². The Morgan fingerprint density at radius 1 is 1.31 bits per heavy atom. The van der Waals surface area contributed by atoms with Crippen LogP contribution in [-0.4, -0.2) is 37.2 Å². The Kier molecular flexibility index (Phi) is 4.74. The lowest BCUT2D eigenvalue weighted by Gasteiger charge is -2.34. The molecule has 0 saturated carbocycles. The molecule has 13 heavy (non-hydrogen) atoms. The molecule has 1 fully saturated rings. The molecular formula is C11H22NO. The molecule has 0 spiro atoms. The minimum absolute atomic E-state index is 0.670. The quantitative estimate of drug-likeness (QED) is 0.662. The second kappa shape index (κ2) is 5.61. The van der Waals surface area contributed by atoms with E-state index in [4.69, 9.17) is 4.74 Å². The van der Waals surface area contributed by atoms with E-state index in [2.05, 4.69) is 25.7 Å². The second-order valence-corrected chi connectivity index (χ2v) is 4.22. The van der Waals surface area contributed by atoms with Gasteiger partial charge in [0.25, 0.3) is 0 Å². The molecule has 0 aromatic carbocycles. The van der Waals surface area contributed by atoms with Crippen LogP contribution in [0.5, 0.6) is 0 Å². The monoisotopic (exact) mass is 184 g/mol. The standard InChI is InChI=1S/C11H22NO/c1-4-11(9-10(2)3)12-5-7-13-8-6-12/h10-11H,1,4-9H2,2-3H3. The molecule has 1 rings (SSSR count). The molecule has 1 aliphatic heterocycles. The van der Waals surface area contributed by atoms with E-state index in [1.54, 1.807) is 0 Å². The first-order chi connectivity index (χ1) is 6.24. The molecule has 1 atom stereocenters. The van der Waals surface area contributed by atoms with Crippen molar-refractivity contribution in [3.63, 3.8) is 0 Å². The van der Waals surface area contributed by atoms with Crippen molar-refractivity contribution >= 4 is 0 Å². The van der Waals surface area contributed by atoms with Crippen molar-refractivity contribution in [2.24, 2.45) is 5.92 Å². The molecule has 0 bridgehead atoms. The van der Waals surface area contributed by atoms with Gasteiger partial charge in [0.05, 0.1) is 13.2 Å². The number of hydrogen-bond acceptors (Lipinski definition) is 2. The second-order valence-electron chi connectivity index (χ2n) is 4.22. The summed E-state index contributed by atoms with van der Waals surface area (Å²) in [7, 11) is 0.